The van der Waals surface area contributed by atoms with Gasteiger partial charge in [-0.1, -0.05) is 12.8 Å². The summed E-state index contributed by atoms with van der Waals surface area (Å²) in [7, 11) is 0. The summed E-state index contributed by atoms with van der Waals surface area (Å²) in [6, 6.07) is 8.93. The molecule has 1 aliphatic carbocycles. The van der Waals surface area contributed by atoms with Crippen LogP contribution < -0.4 is 15.5 Å². The van der Waals surface area contributed by atoms with E-state index in [1.54, 1.807) is 0 Å². The number of benzene rings is 1. The van der Waals surface area contributed by atoms with Crippen LogP contribution in [0.25, 0.3) is 11.2 Å². The number of unbranched alkanes of at least 4 members (excludes halogenated alkanes) is 2. The van der Waals surface area contributed by atoms with Crippen LogP contribution in [-0.4, -0.2) is 64.1 Å². The maximum Gasteiger partial charge on any atom is 0.226 e. The summed E-state index contributed by atoms with van der Waals surface area (Å²) in [6.07, 6.45) is 9.55. The first-order valence-electron chi connectivity index (χ1n) is 12.6. The molecule has 5 rings (SSSR count). The number of nitrogens with zero attached hydrogens (tertiary/aromatic N) is 5. The summed E-state index contributed by atoms with van der Waals surface area (Å²) >= 11 is 0. The lowest BCUT2D eigenvalue weighted by atomic mass is 10.2. The molecule has 0 bridgehead atoms. The third kappa shape index (κ3) is 5.26. The van der Waals surface area contributed by atoms with E-state index in [1.807, 2.05) is 6.33 Å². The summed E-state index contributed by atoms with van der Waals surface area (Å²) in [5.41, 5.74) is 3.86. The summed E-state index contributed by atoms with van der Waals surface area (Å²) < 4.78 is 7.70. The molecule has 9 nitrogen and oxygen atoms in total. The first-order chi connectivity index (χ1) is 16.8. The Balaban J connectivity index is 1.38. The van der Waals surface area contributed by atoms with Gasteiger partial charge in [0.2, 0.25) is 5.95 Å². The van der Waals surface area contributed by atoms with Crippen molar-refractivity contribution in [2.24, 2.45) is 0 Å². The highest BCUT2D eigenvalue weighted by atomic mass is 16.5. The number of aliphatic hydroxyl groups is 1. The van der Waals surface area contributed by atoms with Crippen LogP contribution in [0.3, 0.4) is 0 Å². The molecule has 1 saturated heterocycles. The molecule has 9 heteroatoms. The maximum absolute atomic E-state index is 9.01. The number of fused-ring (bicyclic) bond motifs is 1. The molecular weight excluding hydrogens is 430 g/mol. The molecule has 1 aliphatic heterocycles. The van der Waals surface area contributed by atoms with E-state index < -0.39 is 0 Å². The quantitative estimate of drug-likeness (QED) is 0.385. The lowest BCUT2D eigenvalue weighted by molar-refractivity contribution is 0.122. The molecule has 3 N–H and O–H groups in total. The number of hydrogen-bond donors (Lipinski definition) is 3. The minimum Gasteiger partial charge on any atom is -0.396 e. The minimum atomic E-state index is 0.238. The smallest absolute Gasteiger partial charge is 0.226 e. The molecule has 3 heterocycles. The van der Waals surface area contributed by atoms with E-state index in [2.05, 4.69) is 44.4 Å². The van der Waals surface area contributed by atoms with Crippen LogP contribution in [0, 0.1) is 0 Å². The molecule has 0 unspecified atom stereocenters. The molecule has 1 aromatic carbocycles. The van der Waals surface area contributed by atoms with Crippen LogP contribution in [0.15, 0.2) is 30.6 Å². The molecule has 34 heavy (non-hydrogen) atoms. The number of rotatable bonds is 10. The maximum atomic E-state index is 9.01. The van der Waals surface area contributed by atoms with E-state index in [1.165, 1.54) is 31.4 Å². The molecule has 1 saturated carbocycles. The van der Waals surface area contributed by atoms with Crippen LogP contribution in [0.2, 0.25) is 0 Å². The molecule has 0 spiro atoms. The lowest BCUT2D eigenvalue weighted by Crippen LogP contribution is -2.36. The van der Waals surface area contributed by atoms with E-state index in [-0.39, 0.29) is 6.61 Å². The van der Waals surface area contributed by atoms with E-state index >= 15 is 0 Å². The monoisotopic (exact) mass is 465 g/mol. The predicted octanol–water partition coefficient (Wildman–Crippen LogP) is 4.10. The summed E-state index contributed by atoms with van der Waals surface area (Å²) in [6.45, 7) is 4.41. The Morgan fingerprint density at radius 1 is 1.00 bits per heavy atom. The SMILES string of the molecule is OCCCCCNc1nc(Nc2ccc(N3CCOCC3)cc2)c2ncn(C3CCCC3)c2n1. The number of anilines is 4. The van der Waals surface area contributed by atoms with Crippen molar-refractivity contribution in [3.63, 3.8) is 0 Å². The van der Waals surface area contributed by atoms with Gasteiger partial charge in [-0.05, 0) is 56.4 Å². The molecule has 182 valence electrons. The van der Waals surface area contributed by atoms with E-state index in [4.69, 9.17) is 24.8 Å². The van der Waals surface area contributed by atoms with Crippen molar-refractivity contribution in [2.75, 3.05) is 55.0 Å². The molecule has 2 aliphatic rings. The van der Waals surface area contributed by atoms with Crippen molar-refractivity contribution < 1.29 is 9.84 Å². The number of aromatic nitrogens is 4. The first kappa shape index (κ1) is 22.9. The zero-order valence-electron chi connectivity index (χ0n) is 19.7. The zero-order chi connectivity index (χ0) is 23.2. The van der Waals surface area contributed by atoms with Crippen molar-refractivity contribution in [3.8, 4) is 0 Å². The van der Waals surface area contributed by atoms with Crippen molar-refractivity contribution in [1.82, 2.24) is 19.5 Å². The fourth-order valence-corrected chi connectivity index (χ4v) is 4.86. The number of ether oxygens (including phenoxy) is 1. The number of hydrogen-bond acceptors (Lipinski definition) is 8. The number of morpholine rings is 1. The van der Waals surface area contributed by atoms with Gasteiger partial charge in [-0.25, -0.2) is 4.98 Å². The average molecular weight is 466 g/mol. The molecule has 3 aromatic rings. The Morgan fingerprint density at radius 3 is 2.56 bits per heavy atom. The second kappa shape index (κ2) is 11.0. The van der Waals surface area contributed by atoms with Crippen LogP contribution in [0.4, 0.5) is 23.1 Å². The van der Waals surface area contributed by atoms with Gasteiger partial charge in [-0.2, -0.15) is 9.97 Å². The summed E-state index contributed by atoms with van der Waals surface area (Å²) in [5.74, 6) is 1.34. The number of nitrogens with one attached hydrogen (secondary N) is 2. The number of aliphatic hydroxyl groups excluding tert-OH is 1. The zero-order valence-corrected chi connectivity index (χ0v) is 19.7. The van der Waals surface area contributed by atoms with Crippen molar-refractivity contribution in [2.45, 2.75) is 51.0 Å². The van der Waals surface area contributed by atoms with Gasteiger partial charge in [0.25, 0.3) is 0 Å². The molecule has 2 aromatic heterocycles. The Labute approximate surface area is 200 Å². The normalized spacial score (nSPS) is 16.9. The van der Waals surface area contributed by atoms with Gasteiger partial charge in [0.05, 0.1) is 19.5 Å². The third-order valence-corrected chi connectivity index (χ3v) is 6.76. The Bertz CT molecular complexity index is 1060. The summed E-state index contributed by atoms with van der Waals surface area (Å²) in [5, 5.41) is 15.9. The average Bonchev–Trinajstić information content (AvgIpc) is 3.55. The minimum absolute atomic E-state index is 0.238. The van der Waals surface area contributed by atoms with Gasteiger partial charge in [0.15, 0.2) is 17.0 Å². The van der Waals surface area contributed by atoms with Crippen LogP contribution in [-0.2, 0) is 4.74 Å². The largest absolute Gasteiger partial charge is 0.396 e. The van der Waals surface area contributed by atoms with Gasteiger partial charge in [0, 0.05) is 43.7 Å². The second-order valence-corrected chi connectivity index (χ2v) is 9.14. The fourth-order valence-electron chi connectivity index (χ4n) is 4.86. The standard InChI is InChI=1S/C25H35N7O2/c33-15-5-1-4-12-26-25-29-23(22-24(30-25)32(18-27-22)21-6-2-3-7-21)28-19-8-10-20(11-9-19)31-13-16-34-17-14-31/h8-11,18,21,33H,1-7,12-17H2,(H2,26,28,29,30). The summed E-state index contributed by atoms with van der Waals surface area (Å²) in [4.78, 5) is 16.7. The van der Waals surface area contributed by atoms with E-state index in [0.717, 1.165) is 74.8 Å². The predicted molar refractivity (Wildman–Crippen MR) is 135 cm³/mol. The molecule has 0 atom stereocenters. The lowest BCUT2D eigenvalue weighted by Gasteiger charge is -2.28. The van der Waals surface area contributed by atoms with Crippen molar-refractivity contribution in [3.05, 3.63) is 30.6 Å². The van der Waals surface area contributed by atoms with Gasteiger partial charge < -0.3 is 29.9 Å². The van der Waals surface area contributed by atoms with E-state index in [9.17, 15) is 0 Å². The molecular formula is C25H35N7O2. The second-order valence-electron chi connectivity index (χ2n) is 9.14. The Hall–Kier alpha value is -2.91. The highest BCUT2D eigenvalue weighted by Crippen LogP contribution is 2.33. The molecule has 0 amide bonds. The van der Waals surface area contributed by atoms with Crippen LogP contribution in [0.5, 0.6) is 0 Å². The van der Waals surface area contributed by atoms with Crippen LogP contribution in [0.1, 0.15) is 51.0 Å². The molecule has 0 radical (unpaired) electrons. The number of imidazole rings is 1. The van der Waals surface area contributed by atoms with Gasteiger partial charge in [0.1, 0.15) is 0 Å². The van der Waals surface area contributed by atoms with Gasteiger partial charge in [-0.15, -0.1) is 0 Å². The fraction of sp³-hybridized carbons (Fsp3) is 0.560. The van der Waals surface area contributed by atoms with Crippen molar-refractivity contribution in [1.29, 1.82) is 0 Å². The van der Waals surface area contributed by atoms with Crippen molar-refractivity contribution >= 4 is 34.3 Å². The highest BCUT2D eigenvalue weighted by Gasteiger charge is 2.22. The van der Waals surface area contributed by atoms with Gasteiger partial charge in [-0.3, -0.25) is 0 Å². The molecule has 2 fully saturated rings. The highest BCUT2D eigenvalue weighted by molar-refractivity contribution is 5.86. The Morgan fingerprint density at radius 2 is 1.79 bits per heavy atom. The first-order valence-corrected chi connectivity index (χ1v) is 12.6. The third-order valence-electron chi connectivity index (χ3n) is 6.76. The van der Waals surface area contributed by atoms with E-state index in [0.29, 0.717) is 12.0 Å². The van der Waals surface area contributed by atoms with Gasteiger partial charge >= 0.3 is 0 Å². The topological polar surface area (TPSA) is 100 Å². The van der Waals surface area contributed by atoms with Crippen LogP contribution >= 0.6 is 0 Å². The Kier molecular flexibility index (Phi) is 7.40.